The van der Waals surface area contributed by atoms with Crippen molar-refractivity contribution < 1.29 is 18.9 Å². The van der Waals surface area contributed by atoms with Crippen molar-refractivity contribution in [3.8, 4) is 0 Å². The predicted molar refractivity (Wildman–Crippen MR) is 74.5 cm³/mol. The summed E-state index contributed by atoms with van der Waals surface area (Å²) in [6.07, 6.45) is 2.34. The molecular weight excluding hydrogens is 246 g/mol. The Kier molecular flexibility index (Phi) is 10.3. The average Bonchev–Trinajstić information content (AvgIpc) is 2.46. The highest BCUT2D eigenvalue weighted by atomic mass is 16.5. The van der Waals surface area contributed by atoms with E-state index in [2.05, 4.69) is 12.2 Å². The Morgan fingerprint density at radius 2 is 1.68 bits per heavy atom. The highest BCUT2D eigenvalue weighted by molar-refractivity contribution is 4.74. The van der Waals surface area contributed by atoms with E-state index in [0.717, 1.165) is 32.3 Å². The first kappa shape index (κ1) is 16.9. The van der Waals surface area contributed by atoms with E-state index >= 15 is 0 Å². The quantitative estimate of drug-likeness (QED) is 0.572. The minimum Gasteiger partial charge on any atom is -0.382 e. The number of nitrogens with one attached hydrogen (secondary N) is 1. The summed E-state index contributed by atoms with van der Waals surface area (Å²) in [5, 5.41) is 3.52. The second-order valence-electron chi connectivity index (χ2n) is 4.91. The minimum absolute atomic E-state index is 0.547. The van der Waals surface area contributed by atoms with Gasteiger partial charge in [-0.25, -0.2) is 0 Å². The normalized spacial score (nSPS) is 18.6. The second kappa shape index (κ2) is 11.6. The Hall–Kier alpha value is -0.200. The van der Waals surface area contributed by atoms with Crippen molar-refractivity contribution in [1.82, 2.24) is 5.32 Å². The summed E-state index contributed by atoms with van der Waals surface area (Å²) in [6, 6.07) is 0.547. The number of hydrogen-bond acceptors (Lipinski definition) is 5. The van der Waals surface area contributed by atoms with Crippen LogP contribution in [0.2, 0.25) is 0 Å². The molecule has 19 heavy (non-hydrogen) atoms. The lowest BCUT2D eigenvalue weighted by atomic mass is 9.93. The molecule has 0 saturated carbocycles. The van der Waals surface area contributed by atoms with Gasteiger partial charge in [-0.05, 0) is 25.7 Å². The molecule has 0 spiro atoms. The molecule has 0 bridgehead atoms. The van der Waals surface area contributed by atoms with Crippen molar-refractivity contribution in [2.75, 3.05) is 59.9 Å². The van der Waals surface area contributed by atoms with Crippen molar-refractivity contribution >= 4 is 0 Å². The van der Waals surface area contributed by atoms with E-state index < -0.39 is 0 Å². The van der Waals surface area contributed by atoms with Gasteiger partial charge >= 0.3 is 0 Å². The van der Waals surface area contributed by atoms with Gasteiger partial charge in [0.25, 0.3) is 0 Å². The van der Waals surface area contributed by atoms with Crippen LogP contribution in [0.1, 0.15) is 19.8 Å². The van der Waals surface area contributed by atoms with Gasteiger partial charge in [-0.15, -0.1) is 0 Å². The molecule has 1 rings (SSSR count). The van der Waals surface area contributed by atoms with Gasteiger partial charge in [0, 0.05) is 32.9 Å². The number of hydrogen-bond donors (Lipinski definition) is 1. The Morgan fingerprint density at radius 3 is 2.37 bits per heavy atom. The van der Waals surface area contributed by atoms with Crippen LogP contribution in [0, 0.1) is 5.92 Å². The van der Waals surface area contributed by atoms with E-state index in [-0.39, 0.29) is 0 Å². The van der Waals surface area contributed by atoms with Gasteiger partial charge in [-0.2, -0.15) is 0 Å². The van der Waals surface area contributed by atoms with Crippen molar-refractivity contribution in [1.29, 1.82) is 0 Å². The highest BCUT2D eigenvalue weighted by Crippen LogP contribution is 2.18. The molecule has 1 atom stereocenters. The maximum atomic E-state index is 5.50. The van der Waals surface area contributed by atoms with Crippen LogP contribution in [0.15, 0.2) is 0 Å². The van der Waals surface area contributed by atoms with Gasteiger partial charge < -0.3 is 24.3 Å². The van der Waals surface area contributed by atoms with Gasteiger partial charge in [-0.1, -0.05) is 0 Å². The summed E-state index contributed by atoms with van der Waals surface area (Å²) in [7, 11) is 1.67. The molecular formula is C14H29NO4. The molecule has 1 aliphatic heterocycles. The second-order valence-corrected chi connectivity index (χ2v) is 4.91. The molecule has 5 nitrogen and oxygen atoms in total. The van der Waals surface area contributed by atoms with Gasteiger partial charge in [0.2, 0.25) is 0 Å². The van der Waals surface area contributed by atoms with Crippen LogP contribution < -0.4 is 5.32 Å². The highest BCUT2D eigenvalue weighted by Gasteiger charge is 2.19. The Bertz CT molecular complexity index is 198. The van der Waals surface area contributed by atoms with E-state index in [1.54, 1.807) is 7.11 Å². The van der Waals surface area contributed by atoms with Crippen LogP contribution in [0.3, 0.4) is 0 Å². The van der Waals surface area contributed by atoms with Crippen molar-refractivity contribution in [3.63, 3.8) is 0 Å². The Balaban J connectivity index is 1.84. The molecule has 0 aromatic carbocycles. The molecule has 1 heterocycles. The first-order valence-electron chi connectivity index (χ1n) is 7.30. The summed E-state index contributed by atoms with van der Waals surface area (Å²) in [6.45, 7) is 8.28. The topological polar surface area (TPSA) is 49.0 Å². The van der Waals surface area contributed by atoms with E-state index in [9.17, 15) is 0 Å². The number of methoxy groups -OCH3 is 1. The van der Waals surface area contributed by atoms with Crippen LogP contribution in [0.5, 0.6) is 0 Å². The maximum absolute atomic E-state index is 5.50. The zero-order chi connectivity index (χ0) is 13.8. The lowest BCUT2D eigenvalue weighted by molar-refractivity contribution is 0.0237. The van der Waals surface area contributed by atoms with E-state index in [4.69, 9.17) is 18.9 Å². The van der Waals surface area contributed by atoms with Gasteiger partial charge in [0.15, 0.2) is 0 Å². The van der Waals surface area contributed by atoms with E-state index in [1.807, 2.05) is 0 Å². The largest absolute Gasteiger partial charge is 0.382 e. The SMILES string of the molecule is COCCOCCOCCNC(C)C1CCOCC1. The molecule has 114 valence electrons. The van der Waals surface area contributed by atoms with Crippen LogP contribution in [-0.2, 0) is 18.9 Å². The number of rotatable bonds is 11. The van der Waals surface area contributed by atoms with Crippen molar-refractivity contribution in [2.45, 2.75) is 25.8 Å². The summed E-state index contributed by atoms with van der Waals surface area (Å²) < 4.78 is 21.1. The fourth-order valence-electron chi connectivity index (χ4n) is 2.21. The third-order valence-corrected chi connectivity index (χ3v) is 3.49. The van der Waals surface area contributed by atoms with Gasteiger partial charge in [-0.3, -0.25) is 0 Å². The molecule has 1 N–H and O–H groups in total. The zero-order valence-electron chi connectivity index (χ0n) is 12.4. The third kappa shape index (κ3) is 8.55. The Labute approximate surface area is 116 Å². The van der Waals surface area contributed by atoms with Gasteiger partial charge in [0.1, 0.15) is 0 Å². The van der Waals surface area contributed by atoms with Crippen LogP contribution in [-0.4, -0.2) is 65.9 Å². The van der Waals surface area contributed by atoms with Crippen molar-refractivity contribution in [3.05, 3.63) is 0 Å². The third-order valence-electron chi connectivity index (χ3n) is 3.49. The summed E-state index contributed by atoms with van der Waals surface area (Å²) in [4.78, 5) is 0. The molecule has 5 heteroatoms. The minimum atomic E-state index is 0.547. The summed E-state index contributed by atoms with van der Waals surface area (Å²) in [5.41, 5.74) is 0. The lowest BCUT2D eigenvalue weighted by Crippen LogP contribution is -2.38. The van der Waals surface area contributed by atoms with Crippen molar-refractivity contribution in [2.24, 2.45) is 5.92 Å². The standard InChI is InChI=1S/C14H29NO4/c1-13(14-3-6-17-7-4-14)15-5-8-18-11-12-19-10-9-16-2/h13-15H,3-12H2,1-2H3. The molecule has 1 saturated heterocycles. The van der Waals surface area contributed by atoms with Gasteiger partial charge in [0.05, 0.1) is 33.0 Å². The number of ether oxygens (including phenoxy) is 4. The van der Waals surface area contributed by atoms with Crippen LogP contribution in [0.4, 0.5) is 0 Å². The zero-order valence-corrected chi connectivity index (χ0v) is 12.4. The van der Waals surface area contributed by atoms with Crippen LogP contribution >= 0.6 is 0 Å². The van der Waals surface area contributed by atoms with Crippen LogP contribution in [0.25, 0.3) is 0 Å². The first-order valence-corrected chi connectivity index (χ1v) is 7.30. The molecule has 1 unspecified atom stereocenters. The smallest absolute Gasteiger partial charge is 0.0701 e. The summed E-state index contributed by atoms with van der Waals surface area (Å²) in [5.74, 6) is 0.742. The molecule has 0 aromatic rings. The molecule has 0 aliphatic carbocycles. The van der Waals surface area contributed by atoms with E-state index in [0.29, 0.717) is 32.5 Å². The average molecular weight is 275 g/mol. The fourth-order valence-corrected chi connectivity index (χ4v) is 2.21. The first-order chi connectivity index (χ1) is 9.34. The Morgan fingerprint density at radius 1 is 1.05 bits per heavy atom. The predicted octanol–water partition coefficient (Wildman–Crippen LogP) is 1.07. The molecule has 0 aromatic heterocycles. The molecule has 1 aliphatic rings. The molecule has 1 fully saturated rings. The summed E-state index contributed by atoms with van der Waals surface area (Å²) >= 11 is 0. The maximum Gasteiger partial charge on any atom is 0.0701 e. The lowest BCUT2D eigenvalue weighted by Gasteiger charge is -2.28. The molecule has 0 radical (unpaired) electrons. The molecule has 0 amide bonds. The van der Waals surface area contributed by atoms with E-state index in [1.165, 1.54) is 12.8 Å². The monoisotopic (exact) mass is 275 g/mol. The fraction of sp³-hybridized carbons (Fsp3) is 1.00.